The summed E-state index contributed by atoms with van der Waals surface area (Å²) in [5.74, 6) is -0.201. The molecule has 226 valence electrons. The number of hydrogen-bond donors (Lipinski definition) is 6. The number of anilines is 1. The van der Waals surface area contributed by atoms with Gasteiger partial charge in [0, 0.05) is 19.8 Å². The molecule has 0 saturated heterocycles. The first kappa shape index (κ1) is 35.3. The number of nitrogens with one attached hydrogen (secondary N) is 2. The fourth-order valence-corrected chi connectivity index (χ4v) is 4.89. The molecule has 0 radical (unpaired) electrons. The van der Waals surface area contributed by atoms with E-state index in [4.69, 9.17) is 19.8 Å². The van der Waals surface area contributed by atoms with E-state index < -0.39 is 26.2 Å². The second-order valence-electron chi connectivity index (χ2n) is 9.15. The summed E-state index contributed by atoms with van der Waals surface area (Å²) in [7, 11) is -7.21. The average molecular weight is 604 g/mol. The normalized spacial score (nSPS) is 12.3. The van der Waals surface area contributed by atoms with Crippen molar-refractivity contribution in [2.45, 2.75) is 55.9 Å². The third-order valence-electron chi connectivity index (χ3n) is 5.66. The van der Waals surface area contributed by atoms with E-state index in [1.807, 2.05) is 6.07 Å². The van der Waals surface area contributed by atoms with Crippen molar-refractivity contribution >= 4 is 32.2 Å². The minimum atomic E-state index is -3.68. The SMILES string of the molecule is CS(=O)(=O)Nc1cc([C@@H](O)CNCCCCCCCOCCCc2cccc(S(N)(=O)=O)c2)ccc1O.O=CO. The number of nitrogens with two attached hydrogens (primary N) is 1. The Balaban J connectivity index is 0.00000254. The monoisotopic (exact) mass is 603 g/mol. The second-order valence-corrected chi connectivity index (χ2v) is 12.5. The largest absolute Gasteiger partial charge is 0.506 e. The number of ether oxygens (including phenoxy) is 1. The Hall–Kier alpha value is -2.75. The van der Waals surface area contributed by atoms with Crippen LogP contribution >= 0.6 is 0 Å². The van der Waals surface area contributed by atoms with E-state index in [1.54, 1.807) is 18.2 Å². The number of sulfonamides is 2. The fraction of sp³-hybridized carbons (Fsp3) is 0.500. The van der Waals surface area contributed by atoms with Gasteiger partial charge in [0.1, 0.15) is 5.75 Å². The summed E-state index contributed by atoms with van der Waals surface area (Å²) in [6, 6.07) is 11.0. The van der Waals surface area contributed by atoms with E-state index in [0.29, 0.717) is 25.3 Å². The highest BCUT2D eigenvalue weighted by molar-refractivity contribution is 7.92. The van der Waals surface area contributed by atoms with Crippen LogP contribution in [0.2, 0.25) is 0 Å². The number of aryl methyl sites for hydroxylation is 1. The van der Waals surface area contributed by atoms with Crippen molar-refractivity contribution in [3.05, 3.63) is 53.6 Å². The zero-order valence-electron chi connectivity index (χ0n) is 22.7. The van der Waals surface area contributed by atoms with Gasteiger partial charge in [-0.2, -0.15) is 0 Å². The molecule has 40 heavy (non-hydrogen) atoms. The van der Waals surface area contributed by atoms with Crippen molar-refractivity contribution in [3.8, 4) is 5.75 Å². The average Bonchev–Trinajstić information content (AvgIpc) is 2.87. The number of unbranched alkanes of at least 4 members (excludes halogenated alkanes) is 4. The summed E-state index contributed by atoms with van der Waals surface area (Å²) in [4.78, 5) is 8.49. The number of hydrogen-bond acceptors (Lipinski definition) is 9. The first-order valence-electron chi connectivity index (χ1n) is 12.8. The molecule has 0 amide bonds. The van der Waals surface area contributed by atoms with Crippen molar-refractivity contribution in [2.24, 2.45) is 5.14 Å². The predicted octanol–water partition coefficient (Wildman–Crippen LogP) is 2.33. The molecule has 2 aromatic rings. The number of primary sulfonamides is 1. The number of rotatable bonds is 18. The van der Waals surface area contributed by atoms with Crippen molar-refractivity contribution in [3.63, 3.8) is 0 Å². The Labute approximate surface area is 236 Å². The number of carboxylic acid groups (broad SMARTS) is 1. The van der Waals surface area contributed by atoms with Crippen LogP contribution in [0.4, 0.5) is 5.69 Å². The maximum Gasteiger partial charge on any atom is 0.290 e. The molecular weight excluding hydrogens is 562 g/mol. The van der Waals surface area contributed by atoms with E-state index >= 15 is 0 Å². The van der Waals surface area contributed by atoms with Gasteiger partial charge in [-0.3, -0.25) is 9.52 Å². The third-order valence-corrected chi connectivity index (χ3v) is 7.16. The van der Waals surface area contributed by atoms with E-state index in [2.05, 4.69) is 10.0 Å². The number of phenols is 1. The molecule has 0 spiro atoms. The molecule has 0 unspecified atom stereocenters. The molecule has 0 aromatic heterocycles. The highest BCUT2D eigenvalue weighted by Crippen LogP contribution is 2.27. The van der Waals surface area contributed by atoms with Gasteiger partial charge >= 0.3 is 0 Å². The molecule has 0 aliphatic carbocycles. The van der Waals surface area contributed by atoms with Crippen LogP contribution in [0.25, 0.3) is 0 Å². The van der Waals surface area contributed by atoms with Crippen molar-refractivity contribution in [1.29, 1.82) is 0 Å². The summed E-state index contributed by atoms with van der Waals surface area (Å²) in [6.07, 6.45) is 6.89. The van der Waals surface area contributed by atoms with Crippen LogP contribution in [0.5, 0.6) is 5.75 Å². The van der Waals surface area contributed by atoms with Gasteiger partial charge in [0.2, 0.25) is 20.0 Å². The van der Waals surface area contributed by atoms with Gasteiger partial charge in [-0.15, -0.1) is 0 Å². The topological polar surface area (TPSA) is 205 Å². The lowest BCUT2D eigenvalue weighted by Gasteiger charge is -2.14. The Morgan fingerprint density at radius 1 is 0.975 bits per heavy atom. The highest BCUT2D eigenvalue weighted by Gasteiger charge is 2.13. The Kier molecular flexibility index (Phi) is 16.4. The molecule has 1 atom stereocenters. The lowest BCUT2D eigenvalue weighted by atomic mass is 10.1. The lowest BCUT2D eigenvalue weighted by molar-refractivity contribution is -0.122. The molecule has 0 heterocycles. The highest BCUT2D eigenvalue weighted by atomic mass is 32.2. The number of aromatic hydroxyl groups is 1. The minimum Gasteiger partial charge on any atom is -0.506 e. The summed E-state index contributed by atoms with van der Waals surface area (Å²) in [6.45, 7) is 2.15. The van der Waals surface area contributed by atoms with Crippen LogP contribution in [-0.4, -0.2) is 71.2 Å². The smallest absolute Gasteiger partial charge is 0.290 e. The van der Waals surface area contributed by atoms with E-state index in [9.17, 15) is 27.0 Å². The number of benzene rings is 2. The van der Waals surface area contributed by atoms with Gasteiger partial charge in [0.15, 0.2) is 0 Å². The van der Waals surface area contributed by atoms with Crippen LogP contribution in [0.1, 0.15) is 55.8 Å². The van der Waals surface area contributed by atoms with Crippen LogP contribution in [0.15, 0.2) is 47.4 Å². The van der Waals surface area contributed by atoms with E-state index in [0.717, 1.165) is 63.3 Å². The first-order chi connectivity index (χ1) is 18.9. The van der Waals surface area contributed by atoms with Gasteiger partial charge in [-0.05, 0) is 67.6 Å². The van der Waals surface area contributed by atoms with Gasteiger partial charge in [0.25, 0.3) is 6.47 Å². The van der Waals surface area contributed by atoms with Crippen molar-refractivity contribution < 1.29 is 41.7 Å². The lowest BCUT2D eigenvalue weighted by Crippen LogP contribution is -2.22. The fourth-order valence-electron chi connectivity index (χ4n) is 3.74. The maximum absolute atomic E-state index is 11.4. The molecule has 2 aromatic carbocycles. The minimum absolute atomic E-state index is 0.0398. The Morgan fingerprint density at radius 3 is 2.30 bits per heavy atom. The summed E-state index contributed by atoms with van der Waals surface area (Å²) >= 11 is 0. The zero-order chi connectivity index (χ0) is 30.0. The van der Waals surface area contributed by atoms with Crippen LogP contribution in [0.3, 0.4) is 0 Å². The molecule has 0 fully saturated rings. The molecule has 0 saturated carbocycles. The number of carbonyl (C=O) groups is 1. The molecule has 0 aliphatic rings. The Morgan fingerprint density at radius 2 is 1.62 bits per heavy atom. The second kappa shape index (κ2) is 18.6. The zero-order valence-corrected chi connectivity index (χ0v) is 24.3. The van der Waals surface area contributed by atoms with Gasteiger partial charge < -0.3 is 25.4 Å². The summed E-state index contributed by atoms with van der Waals surface area (Å²) in [5.41, 5.74) is 1.47. The van der Waals surface area contributed by atoms with Crippen LogP contribution < -0.4 is 15.2 Å². The molecule has 14 heteroatoms. The van der Waals surface area contributed by atoms with Gasteiger partial charge in [-0.1, -0.05) is 37.5 Å². The van der Waals surface area contributed by atoms with Crippen molar-refractivity contribution in [1.82, 2.24) is 5.32 Å². The van der Waals surface area contributed by atoms with Crippen LogP contribution in [-0.2, 0) is 36.0 Å². The Bertz CT molecular complexity index is 1240. The van der Waals surface area contributed by atoms with Gasteiger partial charge in [-0.25, -0.2) is 22.0 Å². The van der Waals surface area contributed by atoms with Crippen LogP contribution in [0, 0.1) is 0 Å². The van der Waals surface area contributed by atoms with Gasteiger partial charge in [0.05, 0.1) is 22.9 Å². The van der Waals surface area contributed by atoms with E-state index in [1.165, 1.54) is 18.2 Å². The first-order valence-corrected chi connectivity index (χ1v) is 16.3. The summed E-state index contributed by atoms with van der Waals surface area (Å²) in [5, 5.41) is 35.4. The van der Waals surface area contributed by atoms with Crippen molar-refractivity contribution in [2.75, 3.05) is 37.3 Å². The molecular formula is C26H41N3O9S2. The van der Waals surface area contributed by atoms with E-state index in [-0.39, 0.29) is 22.8 Å². The number of aliphatic hydroxyl groups is 1. The molecule has 2 rings (SSSR count). The molecule has 0 aliphatic heterocycles. The molecule has 0 bridgehead atoms. The molecule has 12 nitrogen and oxygen atoms in total. The number of aliphatic hydroxyl groups excluding tert-OH is 1. The standard InChI is InChI=1S/C25H39N3O7S2.CH2O2/c1-36(31,32)28-23-18-21(12-13-24(23)29)25(30)19-27-14-5-3-2-4-6-15-35-16-8-10-20-9-7-11-22(17-20)37(26,33)34;2-1-3/h7,9,11-13,17-18,25,27-30H,2-6,8,10,14-16,19H2,1H3,(H2,26,33,34);1H,(H,2,3)/t25-;/m0./s1. The summed E-state index contributed by atoms with van der Waals surface area (Å²) < 4.78 is 53.5. The third kappa shape index (κ3) is 15.7. The molecule has 7 N–H and O–H groups in total. The number of phenolic OH excluding ortho intramolecular Hbond substituents is 1. The maximum atomic E-state index is 11.4. The quantitative estimate of drug-likeness (QED) is 0.0833. The predicted molar refractivity (Wildman–Crippen MR) is 153 cm³/mol.